The summed E-state index contributed by atoms with van der Waals surface area (Å²) in [6.45, 7) is 2.83. The van der Waals surface area contributed by atoms with Crippen LogP contribution in [0.4, 0.5) is 5.82 Å². The molecule has 27 heavy (non-hydrogen) atoms. The Morgan fingerprint density at radius 3 is 2.93 bits per heavy atom. The van der Waals surface area contributed by atoms with E-state index < -0.39 is 9.84 Å². The molecule has 0 amide bonds. The van der Waals surface area contributed by atoms with Crippen molar-refractivity contribution < 1.29 is 13.2 Å². The third-order valence-electron chi connectivity index (χ3n) is 3.93. The first-order valence-corrected chi connectivity index (χ1v) is 10.9. The topological polar surface area (TPSA) is 95.9 Å². The van der Waals surface area contributed by atoms with Gasteiger partial charge in [0.05, 0.1) is 24.0 Å². The smallest absolute Gasteiger partial charge is 0.191 e. The van der Waals surface area contributed by atoms with Crippen molar-refractivity contribution in [2.45, 2.75) is 12.5 Å². The Kier molecular flexibility index (Phi) is 10.6. The Morgan fingerprint density at radius 2 is 2.26 bits per heavy atom. The van der Waals surface area contributed by atoms with Crippen LogP contribution in [0.2, 0.25) is 5.02 Å². The van der Waals surface area contributed by atoms with Crippen molar-refractivity contribution in [3.8, 4) is 0 Å². The normalized spacial score (nSPS) is 17.5. The zero-order valence-electron chi connectivity index (χ0n) is 15.5. The van der Waals surface area contributed by atoms with Gasteiger partial charge in [0.2, 0.25) is 0 Å². The lowest BCUT2D eigenvalue weighted by Gasteiger charge is -2.20. The van der Waals surface area contributed by atoms with Crippen molar-refractivity contribution in [3.63, 3.8) is 0 Å². The molecule has 1 unspecified atom stereocenters. The molecule has 0 saturated carbocycles. The number of halogens is 2. The molecule has 2 heterocycles. The molecule has 1 aromatic rings. The van der Waals surface area contributed by atoms with E-state index in [9.17, 15) is 8.42 Å². The van der Waals surface area contributed by atoms with Gasteiger partial charge in [0.25, 0.3) is 0 Å². The molecule has 0 spiro atoms. The maximum Gasteiger partial charge on any atom is 0.191 e. The van der Waals surface area contributed by atoms with E-state index in [0.717, 1.165) is 25.3 Å². The number of anilines is 1. The number of hydrogen-bond donors (Lipinski definition) is 2. The molecule has 1 saturated heterocycles. The Hall–Kier alpha value is -0.850. The number of ether oxygens (including phenoxy) is 1. The minimum absolute atomic E-state index is 0. The van der Waals surface area contributed by atoms with Gasteiger partial charge in [0.15, 0.2) is 5.96 Å². The summed E-state index contributed by atoms with van der Waals surface area (Å²) in [6, 6.07) is 3.90. The highest BCUT2D eigenvalue weighted by molar-refractivity contribution is 14.0. The molecule has 0 bridgehead atoms. The van der Waals surface area contributed by atoms with Crippen LogP contribution in [0.5, 0.6) is 0 Å². The predicted octanol–water partition coefficient (Wildman–Crippen LogP) is 1.16. The average molecular weight is 532 g/mol. The summed E-state index contributed by atoms with van der Waals surface area (Å²) in [5, 5.41) is 7.19. The van der Waals surface area contributed by atoms with Crippen LogP contribution in [0.15, 0.2) is 23.3 Å². The minimum atomic E-state index is -2.98. The summed E-state index contributed by atoms with van der Waals surface area (Å²) in [6.07, 6.45) is 3.90. The van der Waals surface area contributed by atoms with Gasteiger partial charge in [-0.3, -0.25) is 4.99 Å². The molecule has 1 aliphatic heterocycles. The molecule has 8 nitrogen and oxygen atoms in total. The highest BCUT2D eigenvalue weighted by atomic mass is 127. The van der Waals surface area contributed by atoms with Gasteiger partial charge in [-0.25, -0.2) is 13.4 Å². The van der Waals surface area contributed by atoms with Crippen molar-refractivity contribution in [3.05, 3.63) is 23.4 Å². The van der Waals surface area contributed by atoms with Crippen LogP contribution in [0.25, 0.3) is 0 Å². The van der Waals surface area contributed by atoms with E-state index in [-0.39, 0.29) is 42.4 Å². The fourth-order valence-electron chi connectivity index (χ4n) is 2.62. The summed E-state index contributed by atoms with van der Waals surface area (Å²) in [5.74, 6) is 1.53. The fraction of sp³-hybridized carbons (Fsp3) is 0.625. The van der Waals surface area contributed by atoms with Crippen LogP contribution >= 0.6 is 35.6 Å². The number of aromatic nitrogens is 1. The summed E-state index contributed by atoms with van der Waals surface area (Å²) < 4.78 is 27.3. The highest BCUT2D eigenvalue weighted by Crippen LogP contribution is 2.25. The number of hydrogen-bond acceptors (Lipinski definition) is 6. The molecule has 154 valence electrons. The van der Waals surface area contributed by atoms with Gasteiger partial charge >= 0.3 is 0 Å². The zero-order valence-corrected chi connectivity index (χ0v) is 19.4. The molecular weight excluding hydrogens is 505 g/mol. The van der Waals surface area contributed by atoms with Crippen LogP contribution in [0.1, 0.15) is 6.42 Å². The molecule has 2 rings (SSSR count). The second-order valence-corrected chi connectivity index (χ2v) is 8.79. The van der Waals surface area contributed by atoms with Gasteiger partial charge in [0.1, 0.15) is 15.7 Å². The zero-order chi connectivity index (χ0) is 19.0. The lowest BCUT2D eigenvalue weighted by molar-refractivity contribution is 0.154. The van der Waals surface area contributed by atoms with Crippen molar-refractivity contribution in [2.75, 3.05) is 56.8 Å². The number of sulfone groups is 1. The maximum atomic E-state index is 11.0. The first kappa shape index (κ1) is 24.2. The van der Waals surface area contributed by atoms with E-state index in [0.29, 0.717) is 24.1 Å². The van der Waals surface area contributed by atoms with Gasteiger partial charge < -0.3 is 20.3 Å². The van der Waals surface area contributed by atoms with Crippen LogP contribution in [-0.4, -0.2) is 77.3 Å². The van der Waals surface area contributed by atoms with Gasteiger partial charge in [-0.1, -0.05) is 11.6 Å². The van der Waals surface area contributed by atoms with Crippen LogP contribution < -0.4 is 15.5 Å². The third-order valence-corrected chi connectivity index (χ3v) is 5.13. The van der Waals surface area contributed by atoms with E-state index in [2.05, 4.69) is 25.5 Å². The van der Waals surface area contributed by atoms with E-state index in [1.165, 1.54) is 6.26 Å². The molecule has 0 radical (unpaired) electrons. The number of nitrogens with one attached hydrogen (secondary N) is 2. The largest absolute Gasteiger partial charge is 0.379 e. The van der Waals surface area contributed by atoms with Gasteiger partial charge in [-0.05, 0) is 18.6 Å². The third kappa shape index (κ3) is 8.79. The predicted molar refractivity (Wildman–Crippen MR) is 120 cm³/mol. The number of nitrogens with zero attached hydrogens (tertiary/aromatic N) is 3. The van der Waals surface area contributed by atoms with Gasteiger partial charge in [0, 0.05) is 45.2 Å². The van der Waals surface area contributed by atoms with Crippen molar-refractivity contribution in [1.29, 1.82) is 0 Å². The van der Waals surface area contributed by atoms with Crippen LogP contribution in [0, 0.1) is 0 Å². The molecule has 0 aromatic carbocycles. The van der Waals surface area contributed by atoms with Crippen LogP contribution in [0.3, 0.4) is 0 Å². The van der Waals surface area contributed by atoms with E-state index >= 15 is 0 Å². The van der Waals surface area contributed by atoms with E-state index in [4.69, 9.17) is 16.3 Å². The number of rotatable bonds is 8. The molecular formula is C16H27ClIN5O3S. The number of pyridine rings is 1. The molecule has 0 aliphatic carbocycles. The molecule has 1 fully saturated rings. The molecule has 1 aliphatic rings. The standard InChI is InChI=1S/C16H26ClN5O3S.HI/c1-18-16(20-7-9-25-10-11-26(2,23)24)21-13-5-8-22(12-13)15-14(17)4-3-6-19-15;/h3-4,6,13H,5,7-12H2,1-2H3,(H2,18,20,21);1H. The summed E-state index contributed by atoms with van der Waals surface area (Å²) >= 11 is 6.21. The summed E-state index contributed by atoms with van der Waals surface area (Å²) in [5.41, 5.74) is 0. The second-order valence-electron chi connectivity index (χ2n) is 6.13. The molecule has 1 aromatic heterocycles. The van der Waals surface area contributed by atoms with E-state index in [1.54, 1.807) is 13.2 Å². The Balaban J connectivity index is 0.00000364. The van der Waals surface area contributed by atoms with Crippen LogP contribution in [-0.2, 0) is 14.6 Å². The fourth-order valence-corrected chi connectivity index (χ4v) is 3.28. The first-order chi connectivity index (χ1) is 12.4. The lowest BCUT2D eigenvalue weighted by Crippen LogP contribution is -2.45. The average Bonchev–Trinajstić information content (AvgIpc) is 3.04. The highest BCUT2D eigenvalue weighted by Gasteiger charge is 2.25. The number of aliphatic imine (C=N–C) groups is 1. The quantitative estimate of drug-likeness (QED) is 0.225. The Morgan fingerprint density at radius 1 is 1.48 bits per heavy atom. The maximum absolute atomic E-state index is 11.0. The van der Waals surface area contributed by atoms with Gasteiger partial charge in [-0.2, -0.15) is 0 Å². The summed E-state index contributed by atoms with van der Waals surface area (Å²) in [7, 11) is -1.27. The first-order valence-electron chi connectivity index (χ1n) is 8.47. The SMILES string of the molecule is CN=C(NCCOCCS(C)(=O)=O)NC1CCN(c2ncccc2Cl)C1.I. The Bertz CT molecular complexity index is 720. The van der Waals surface area contributed by atoms with Crippen molar-refractivity contribution in [1.82, 2.24) is 15.6 Å². The van der Waals surface area contributed by atoms with E-state index in [1.807, 2.05) is 12.1 Å². The monoisotopic (exact) mass is 531 g/mol. The summed E-state index contributed by atoms with van der Waals surface area (Å²) in [4.78, 5) is 10.7. The Labute approximate surface area is 183 Å². The van der Waals surface area contributed by atoms with Crippen molar-refractivity contribution >= 4 is 57.2 Å². The molecule has 2 N–H and O–H groups in total. The minimum Gasteiger partial charge on any atom is -0.379 e. The molecule has 1 atom stereocenters. The second kappa shape index (κ2) is 11.9. The molecule has 11 heteroatoms. The lowest BCUT2D eigenvalue weighted by atomic mass is 10.3. The van der Waals surface area contributed by atoms with Gasteiger partial charge in [-0.15, -0.1) is 24.0 Å². The number of guanidine groups is 1. The van der Waals surface area contributed by atoms with Crippen molar-refractivity contribution in [2.24, 2.45) is 4.99 Å².